The molecule has 0 unspecified atom stereocenters. The number of aromatic amines is 1. The molecule has 122 valence electrons. The van der Waals surface area contributed by atoms with Gasteiger partial charge in [0.1, 0.15) is 11.6 Å². The quantitative estimate of drug-likeness (QED) is 0.906. The SMILES string of the molecule is Cn1[nH]c(=O)c2c1CN(Cc1cc(F)cc3c1OCOC3)CC2. The van der Waals surface area contributed by atoms with E-state index in [0.29, 0.717) is 26.1 Å². The van der Waals surface area contributed by atoms with Gasteiger partial charge in [0.15, 0.2) is 6.79 Å². The van der Waals surface area contributed by atoms with Crippen LogP contribution in [0.25, 0.3) is 0 Å². The Morgan fingerprint density at radius 1 is 1.39 bits per heavy atom. The van der Waals surface area contributed by atoms with Crippen molar-refractivity contribution >= 4 is 0 Å². The highest BCUT2D eigenvalue weighted by molar-refractivity contribution is 5.42. The molecule has 4 rings (SSSR count). The smallest absolute Gasteiger partial charge is 0.267 e. The predicted octanol–water partition coefficient (Wildman–Crippen LogP) is 1.28. The Labute approximate surface area is 132 Å². The largest absolute Gasteiger partial charge is 0.467 e. The Morgan fingerprint density at radius 2 is 2.26 bits per heavy atom. The molecule has 0 bridgehead atoms. The summed E-state index contributed by atoms with van der Waals surface area (Å²) in [6, 6.07) is 2.98. The number of fused-ring (bicyclic) bond motifs is 2. The van der Waals surface area contributed by atoms with E-state index in [1.807, 2.05) is 7.05 Å². The summed E-state index contributed by atoms with van der Waals surface area (Å²) in [4.78, 5) is 14.0. The Kier molecular flexibility index (Phi) is 3.46. The second kappa shape index (κ2) is 5.50. The molecule has 3 heterocycles. The first kappa shape index (κ1) is 14.5. The number of rotatable bonds is 2. The minimum atomic E-state index is -0.278. The average molecular weight is 319 g/mol. The van der Waals surface area contributed by atoms with Crippen LogP contribution in [-0.4, -0.2) is 28.0 Å². The van der Waals surface area contributed by atoms with Crippen LogP contribution >= 0.6 is 0 Å². The highest BCUT2D eigenvalue weighted by atomic mass is 19.1. The molecule has 2 aliphatic heterocycles. The van der Waals surface area contributed by atoms with Crippen molar-refractivity contribution in [2.75, 3.05) is 13.3 Å². The number of aromatic nitrogens is 2. The molecule has 2 aliphatic rings. The summed E-state index contributed by atoms with van der Waals surface area (Å²) in [5.74, 6) is 0.450. The van der Waals surface area contributed by atoms with Gasteiger partial charge >= 0.3 is 0 Å². The Bertz CT molecular complexity index is 812. The number of hydrogen-bond acceptors (Lipinski definition) is 4. The molecular formula is C16H18FN3O3. The lowest BCUT2D eigenvalue weighted by atomic mass is 10.0. The predicted molar refractivity (Wildman–Crippen MR) is 80.5 cm³/mol. The zero-order chi connectivity index (χ0) is 16.0. The van der Waals surface area contributed by atoms with Crippen molar-refractivity contribution in [2.45, 2.75) is 26.1 Å². The Hall–Kier alpha value is -2.12. The van der Waals surface area contributed by atoms with Crippen LogP contribution in [0.4, 0.5) is 4.39 Å². The number of hydrogen-bond donors (Lipinski definition) is 1. The molecule has 0 aliphatic carbocycles. The van der Waals surface area contributed by atoms with Crippen molar-refractivity contribution in [1.29, 1.82) is 0 Å². The van der Waals surface area contributed by atoms with Crippen molar-refractivity contribution in [3.05, 3.63) is 50.7 Å². The van der Waals surface area contributed by atoms with Gasteiger partial charge in [0.05, 0.1) is 12.3 Å². The minimum Gasteiger partial charge on any atom is -0.467 e. The van der Waals surface area contributed by atoms with Gasteiger partial charge in [-0.1, -0.05) is 0 Å². The van der Waals surface area contributed by atoms with Crippen LogP contribution in [0.2, 0.25) is 0 Å². The summed E-state index contributed by atoms with van der Waals surface area (Å²) >= 11 is 0. The van der Waals surface area contributed by atoms with Gasteiger partial charge in [-0.25, -0.2) is 4.39 Å². The molecule has 7 heteroatoms. The van der Waals surface area contributed by atoms with Gasteiger partial charge in [-0.05, 0) is 18.6 Å². The van der Waals surface area contributed by atoms with E-state index >= 15 is 0 Å². The van der Waals surface area contributed by atoms with Gasteiger partial charge in [-0.2, -0.15) is 0 Å². The van der Waals surface area contributed by atoms with Crippen molar-refractivity contribution in [2.24, 2.45) is 7.05 Å². The van der Waals surface area contributed by atoms with E-state index in [9.17, 15) is 9.18 Å². The number of aryl methyl sites for hydroxylation is 1. The van der Waals surface area contributed by atoms with Crippen LogP contribution in [0.1, 0.15) is 22.4 Å². The minimum absolute atomic E-state index is 0.00855. The standard InChI is InChI=1S/C16H18FN3O3/c1-19-14-7-20(3-2-13(14)16(21)18-19)6-10-4-12(17)5-11-8-22-9-23-15(10)11/h4-5H,2-3,6-9H2,1H3,(H,18,21). The third-order valence-electron chi connectivity index (χ3n) is 4.49. The second-order valence-electron chi connectivity index (χ2n) is 6.05. The van der Waals surface area contributed by atoms with Gasteiger partial charge in [0.25, 0.3) is 5.56 Å². The molecule has 1 aromatic heterocycles. The molecule has 1 aromatic carbocycles. The van der Waals surface area contributed by atoms with Crippen LogP contribution in [-0.2, 0) is 37.9 Å². The molecular weight excluding hydrogens is 301 g/mol. The first-order valence-corrected chi connectivity index (χ1v) is 7.63. The number of benzene rings is 1. The van der Waals surface area contributed by atoms with E-state index in [0.717, 1.165) is 34.7 Å². The highest BCUT2D eigenvalue weighted by Gasteiger charge is 2.24. The molecule has 6 nitrogen and oxygen atoms in total. The van der Waals surface area contributed by atoms with Gasteiger partial charge in [0, 0.05) is 43.4 Å². The summed E-state index contributed by atoms with van der Waals surface area (Å²) in [7, 11) is 1.84. The number of nitrogens with one attached hydrogen (secondary N) is 1. The van der Waals surface area contributed by atoms with E-state index in [1.54, 1.807) is 4.68 Å². The molecule has 0 atom stereocenters. The lowest BCUT2D eigenvalue weighted by Gasteiger charge is -2.29. The normalized spacial score (nSPS) is 17.5. The lowest BCUT2D eigenvalue weighted by Crippen LogP contribution is -2.32. The highest BCUT2D eigenvalue weighted by Crippen LogP contribution is 2.31. The first-order valence-electron chi connectivity index (χ1n) is 7.63. The van der Waals surface area contributed by atoms with Crippen molar-refractivity contribution < 1.29 is 13.9 Å². The number of H-pyrrole nitrogens is 1. The van der Waals surface area contributed by atoms with Gasteiger partial charge in [-0.15, -0.1) is 0 Å². The zero-order valence-electron chi connectivity index (χ0n) is 12.9. The molecule has 0 amide bonds. The van der Waals surface area contributed by atoms with Crippen molar-refractivity contribution in [3.8, 4) is 5.75 Å². The second-order valence-corrected chi connectivity index (χ2v) is 6.05. The van der Waals surface area contributed by atoms with Gasteiger partial charge in [0.2, 0.25) is 0 Å². The topological polar surface area (TPSA) is 59.5 Å². The van der Waals surface area contributed by atoms with Gasteiger partial charge in [-0.3, -0.25) is 19.5 Å². The van der Waals surface area contributed by atoms with E-state index in [1.165, 1.54) is 12.1 Å². The molecule has 2 aromatic rings. The maximum Gasteiger partial charge on any atom is 0.267 e. The number of nitrogens with zero attached hydrogens (tertiary/aromatic N) is 2. The lowest BCUT2D eigenvalue weighted by molar-refractivity contribution is -0.0177. The summed E-state index contributed by atoms with van der Waals surface area (Å²) < 4.78 is 26.4. The summed E-state index contributed by atoms with van der Waals surface area (Å²) in [6.07, 6.45) is 0.701. The fourth-order valence-electron chi connectivity index (χ4n) is 3.39. The van der Waals surface area contributed by atoms with Crippen LogP contribution in [0.3, 0.4) is 0 Å². The molecule has 0 radical (unpaired) electrons. The Morgan fingerprint density at radius 3 is 3.13 bits per heavy atom. The molecule has 1 N–H and O–H groups in total. The fourth-order valence-corrected chi connectivity index (χ4v) is 3.39. The first-order chi connectivity index (χ1) is 11.1. The molecule has 0 fully saturated rings. The maximum absolute atomic E-state index is 13.8. The molecule has 0 spiro atoms. The van der Waals surface area contributed by atoms with Crippen LogP contribution < -0.4 is 10.3 Å². The summed E-state index contributed by atoms with van der Waals surface area (Å²) in [6.45, 7) is 2.58. The molecule has 23 heavy (non-hydrogen) atoms. The fraction of sp³-hybridized carbons (Fsp3) is 0.438. The van der Waals surface area contributed by atoms with Gasteiger partial charge < -0.3 is 9.47 Å². The van der Waals surface area contributed by atoms with E-state index in [-0.39, 0.29) is 18.2 Å². The molecule has 0 saturated carbocycles. The average Bonchev–Trinajstić information content (AvgIpc) is 2.81. The molecule has 0 saturated heterocycles. The Balaban J connectivity index is 1.61. The number of halogens is 1. The monoisotopic (exact) mass is 319 g/mol. The van der Waals surface area contributed by atoms with Crippen LogP contribution in [0.5, 0.6) is 5.75 Å². The van der Waals surface area contributed by atoms with E-state index in [4.69, 9.17) is 9.47 Å². The summed E-state index contributed by atoms with van der Waals surface area (Å²) in [5, 5.41) is 2.79. The van der Waals surface area contributed by atoms with Crippen molar-refractivity contribution in [1.82, 2.24) is 14.7 Å². The van der Waals surface area contributed by atoms with E-state index in [2.05, 4.69) is 10.00 Å². The van der Waals surface area contributed by atoms with Crippen LogP contribution in [0, 0.1) is 5.82 Å². The van der Waals surface area contributed by atoms with Crippen molar-refractivity contribution in [3.63, 3.8) is 0 Å². The zero-order valence-corrected chi connectivity index (χ0v) is 12.9. The summed E-state index contributed by atoms with van der Waals surface area (Å²) in [5.41, 5.74) is 3.42. The maximum atomic E-state index is 13.8. The third-order valence-corrected chi connectivity index (χ3v) is 4.49. The number of ether oxygens (including phenoxy) is 2. The van der Waals surface area contributed by atoms with E-state index < -0.39 is 0 Å². The third kappa shape index (κ3) is 2.55. The van der Waals surface area contributed by atoms with Crippen LogP contribution in [0.15, 0.2) is 16.9 Å².